The number of hydrogen-bond donors (Lipinski definition) is 0. The van der Waals surface area contributed by atoms with Crippen molar-refractivity contribution in [3.05, 3.63) is 228 Å². The molecular weight excluding hydrogens is 934 g/mol. The Bertz CT molecular complexity index is 4390. The van der Waals surface area contributed by atoms with E-state index in [4.69, 9.17) is 4.42 Å². The van der Waals surface area contributed by atoms with Crippen molar-refractivity contribution in [1.82, 2.24) is 4.57 Å². The highest BCUT2D eigenvalue weighted by Crippen LogP contribution is 2.51. The second kappa shape index (κ2) is 17.0. The fourth-order valence-electron chi connectivity index (χ4n) is 13.1. The van der Waals surface area contributed by atoms with Crippen LogP contribution in [0.2, 0.25) is 0 Å². The normalized spacial score (nSPS) is 13.2. The van der Waals surface area contributed by atoms with E-state index in [9.17, 15) is 0 Å². The summed E-state index contributed by atoms with van der Waals surface area (Å²) in [4.78, 5) is 5.28. The average molecular weight is 996 g/mol. The van der Waals surface area contributed by atoms with Gasteiger partial charge in [-0.15, -0.1) is 0 Å². The van der Waals surface area contributed by atoms with E-state index in [1.807, 2.05) is 0 Å². The fourth-order valence-corrected chi connectivity index (χ4v) is 13.1. The molecule has 14 rings (SSSR count). The molecule has 2 aliphatic heterocycles. The molecular formula is C72H62BN3O. The van der Waals surface area contributed by atoms with Crippen molar-refractivity contribution in [2.75, 3.05) is 9.80 Å². The van der Waals surface area contributed by atoms with Crippen LogP contribution in [-0.4, -0.2) is 11.3 Å². The third kappa shape index (κ3) is 7.12. The van der Waals surface area contributed by atoms with Gasteiger partial charge in [0.1, 0.15) is 11.2 Å². The molecule has 10 aromatic carbocycles. The smallest absolute Gasteiger partial charge is 0.252 e. The summed E-state index contributed by atoms with van der Waals surface area (Å²) in [6, 6.07) is 73.2. The summed E-state index contributed by atoms with van der Waals surface area (Å²) >= 11 is 0. The molecule has 0 amide bonds. The number of aromatic nitrogens is 1. The first-order valence-electron chi connectivity index (χ1n) is 27.4. The molecule has 0 N–H and O–H groups in total. The quantitative estimate of drug-likeness (QED) is 0.161. The summed E-state index contributed by atoms with van der Waals surface area (Å²) in [5.74, 6) is 0. The zero-order chi connectivity index (χ0) is 52.8. The van der Waals surface area contributed by atoms with Crippen molar-refractivity contribution in [3.63, 3.8) is 0 Å². The van der Waals surface area contributed by atoms with Gasteiger partial charge in [-0.1, -0.05) is 187 Å². The van der Waals surface area contributed by atoms with E-state index in [0.29, 0.717) is 0 Å². The van der Waals surface area contributed by atoms with Gasteiger partial charge >= 0.3 is 0 Å². The van der Waals surface area contributed by atoms with Gasteiger partial charge in [0.2, 0.25) is 0 Å². The molecule has 0 atom stereocenters. The molecule has 12 aromatic rings. The molecule has 0 fully saturated rings. The molecule has 2 aromatic heterocycles. The lowest BCUT2D eigenvalue weighted by atomic mass is 9.33. The maximum Gasteiger partial charge on any atom is 0.252 e. The number of para-hydroxylation sites is 5. The summed E-state index contributed by atoms with van der Waals surface area (Å²) in [6.07, 6.45) is 0. The van der Waals surface area contributed by atoms with Gasteiger partial charge < -0.3 is 18.8 Å². The zero-order valence-corrected chi connectivity index (χ0v) is 45.8. The van der Waals surface area contributed by atoms with E-state index < -0.39 is 0 Å². The summed E-state index contributed by atoms with van der Waals surface area (Å²) in [5.41, 5.74) is 28.4. The Kier molecular flexibility index (Phi) is 10.4. The Hall–Kier alpha value is -8.54. The predicted molar refractivity (Wildman–Crippen MR) is 329 cm³/mol. The minimum absolute atomic E-state index is 0.0804. The van der Waals surface area contributed by atoms with E-state index in [1.54, 1.807) is 0 Å². The fraction of sp³-hybridized carbons (Fsp3) is 0.167. The first kappa shape index (κ1) is 47.0. The topological polar surface area (TPSA) is 24.6 Å². The van der Waals surface area contributed by atoms with Gasteiger partial charge in [-0.2, -0.15) is 0 Å². The number of nitrogens with zero attached hydrogens (tertiary/aromatic N) is 3. The number of aryl methyl sites for hydroxylation is 4. The van der Waals surface area contributed by atoms with Gasteiger partial charge in [0.05, 0.1) is 28.1 Å². The first-order valence-corrected chi connectivity index (χ1v) is 27.4. The van der Waals surface area contributed by atoms with Gasteiger partial charge in [0, 0.05) is 55.4 Å². The number of fused-ring (bicyclic) bond motifs is 10. The minimum Gasteiger partial charge on any atom is -0.455 e. The van der Waals surface area contributed by atoms with E-state index in [-0.39, 0.29) is 17.5 Å². The standard InChI is InChI=1S/C72H62BN3O/c1-43-21-18-22-44(2)68(43)75-59-31-16-14-27-52(59)56-41-58-63(42-62(56)75)74(60-35-33-48(37-55(60)47-25-12-11-13-26-47)51-29-20-30-54-53-28-15-17-32-66(53)77-70(51)54)64-39-50(72(8,9)10)40-65-67(64)73(58)57-38-49(71(5,6)7)34-36-61(57)76(65)69-45(3)23-19-24-46(69)4/h11-42H,1-10H3. The first-order chi connectivity index (χ1) is 37.1. The molecule has 374 valence electrons. The van der Waals surface area contributed by atoms with Crippen LogP contribution in [0.5, 0.6) is 0 Å². The molecule has 0 unspecified atom stereocenters. The van der Waals surface area contributed by atoms with Crippen LogP contribution >= 0.6 is 0 Å². The van der Waals surface area contributed by atoms with Gasteiger partial charge in [0.25, 0.3) is 6.71 Å². The molecule has 0 radical (unpaired) electrons. The van der Waals surface area contributed by atoms with Crippen LogP contribution in [0.25, 0.3) is 71.7 Å². The monoisotopic (exact) mass is 995 g/mol. The number of benzene rings is 10. The highest BCUT2D eigenvalue weighted by atomic mass is 16.3. The van der Waals surface area contributed by atoms with Crippen molar-refractivity contribution in [1.29, 1.82) is 0 Å². The van der Waals surface area contributed by atoms with Crippen molar-refractivity contribution in [3.8, 4) is 27.9 Å². The molecule has 2 aliphatic rings. The van der Waals surface area contributed by atoms with E-state index >= 15 is 0 Å². The van der Waals surface area contributed by atoms with Crippen molar-refractivity contribution in [2.24, 2.45) is 0 Å². The molecule has 5 heteroatoms. The Balaban J connectivity index is 1.15. The van der Waals surface area contributed by atoms with Gasteiger partial charge in [-0.05, 0) is 148 Å². The van der Waals surface area contributed by atoms with Crippen LogP contribution in [0.15, 0.2) is 199 Å². The number of rotatable bonds is 5. The summed E-state index contributed by atoms with van der Waals surface area (Å²) in [6.45, 7) is 23.1. The molecule has 0 aliphatic carbocycles. The molecule has 4 nitrogen and oxygen atoms in total. The van der Waals surface area contributed by atoms with Gasteiger partial charge in [-0.3, -0.25) is 0 Å². The minimum atomic E-state index is -0.189. The highest BCUT2D eigenvalue weighted by Gasteiger charge is 2.46. The number of hydrogen-bond acceptors (Lipinski definition) is 3. The molecule has 4 heterocycles. The molecule has 77 heavy (non-hydrogen) atoms. The number of furan rings is 1. The maximum atomic E-state index is 6.75. The van der Waals surface area contributed by atoms with Crippen LogP contribution in [-0.2, 0) is 10.8 Å². The Morgan fingerprint density at radius 2 is 0.974 bits per heavy atom. The van der Waals surface area contributed by atoms with E-state index in [0.717, 1.165) is 49.9 Å². The molecule has 0 bridgehead atoms. The van der Waals surface area contributed by atoms with Gasteiger partial charge in [0.15, 0.2) is 0 Å². The zero-order valence-electron chi connectivity index (χ0n) is 45.8. The van der Waals surface area contributed by atoms with Crippen LogP contribution < -0.4 is 26.2 Å². The van der Waals surface area contributed by atoms with Crippen molar-refractivity contribution in [2.45, 2.75) is 80.1 Å². The van der Waals surface area contributed by atoms with Gasteiger partial charge in [-0.25, -0.2) is 0 Å². The summed E-state index contributed by atoms with van der Waals surface area (Å²) in [5, 5.41) is 4.75. The third-order valence-corrected chi connectivity index (χ3v) is 17.0. The lowest BCUT2D eigenvalue weighted by Crippen LogP contribution is -2.61. The second-order valence-electron chi connectivity index (χ2n) is 23.9. The molecule has 0 spiro atoms. The van der Waals surface area contributed by atoms with Crippen molar-refractivity contribution >= 4 is 101 Å². The van der Waals surface area contributed by atoms with Crippen LogP contribution in [0.3, 0.4) is 0 Å². The highest BCUT2D eigenvalue weighted by molar-refractivity contribution is 7.00. The predicted octanol–water partition coefficient (Wildman–Crippen LogP) is 17.9. The van der Waals surface area contributed by atoms with Crippen LogP contribution in [0.1, 0.15) is 74.9 Å². The number of anilines is 6. The second-order valence-corrected chi connectivity index (χ2v) is 23.9. The lowest BCUT2D eigenvalue weighted by Gasteiger charge is -2.46. The van der Waals surface area contributed by atoms with Crippen LogP contribution in [0.4, 0.5) is 34.1 Å². The lowest BCUT2D eigenvalue weighted by molar-refractivity contribution is 0.590. The average Bonchev–Trinajstić information content (AvgIpc) is 4.13. The van der Waals surface area contributed by atoms with Crippen LogP contribution in [0, 0.1) is 27.7 Å². The van der Waals surface area contributed by atoms with E-state index in [2.05, 4.69) is 278 Å². The van der Waals surface area contributed by atoms with Crippen molar-refractivity contribution < 1.29 is 4.42 Å². The third-order valence-electron chi connectivity index (χ3n) is 17.0. The maximum absolute atomic E-state index is 6.75. The Morgan fingerprint density at radius 3 is 1.69 bits per heavy atom. The molecule has 0 saturated heterocycles. The molecule has 0 saturated carbocycles. The Morgan fingerprint density at radius 1 is 0.377 bits per heavy atom. The Labute approximate surface area is 452 Å². The van der Waals surface area contributed by atoms with E-state index in [1.165, 1.54) is 106 Å². The summed E-state index contributed by atoms with van der Waals surface area (Å²) in [7, 11) is 0. The largest absolute Gasteiger partial charge is 0.455 e. The SMILES string of the molecule is Cc1cccc(C)c1N1c2ccc(C(C)(C)C)cc2B2c3cc4c5ccccc5n(-c5c(C)cccc5C)c4cc3N(c3ccc(-c4cccc5c4oc4ccccc45)cc3-c3ccccc3)c3cc(C(C)(C)C)cc1c32. The summed E-state index contributed by atoms with van der Waals surface area (Å²) < 4.78 is 9.29.